The van der Waals surface area contributed by atoms with Gasteiger partial charge < -0.3 is 5.32 Å². The summed E-state index contributed by atoms with van der Waals surface area (Å²) in [5.41, 5.74) is 0.843. The third-order valence-electron chi connectivity index (χ3n) is 3.32. The summed E-state index contributed by atoms with van der Waals surface area (Å²) in [7, 11) is 0. The SMILES string of the molecule is CCCCCNC(=O)C(C)N[C@@H](C)c1cccc(F)c1. The Morgan fingerprint density at radius 3 is 2.70 bits per heavy atom. The molecule has 0 radical (unpaired) electrons. The highest BCUT2D eigenvalue weighted by Gasteiger charge is 2.15. The highest BCUT2D eigenvalue weighted by Crippen LogP contribution is 2.14. The number of amides is 1. The van der Waals surface area contributed by atoms with Crippen molar-refractivity contribution in [3.63, 3.8) is 0 Å². The monoisotopic (exact) mass is 280 g/mol. The molecule has 0 aromatic heterocycles. The predicted octanol–water partition coefficient (Wildman–Crippen LogP) is 3.17. The minimum Gasteiger partial charge on any atom is -0.355 e. The van der Waals surface area contributed by atoms with Gasteiger partial charge in [-0.15, -0.1) is 0 Å². The Labute approximate surface area is 121 Å². The van der Waals surface area contributed by atoms with Gasteiger partial charge in [0.15, 0.2) is 0 Å². The lowest BCUT2D eigenvalue weighted by Gasteiger charge is -2.20. The molecule has 0 bridgehead atoms. The van der Waals surface area contributed by atoms with Gasteiger partial charge >= 0.3 is 0 Å². The fourth-order valence-corrected chi connectivity index (χ4v) is 2.06. The summed E-state index contributed by atoms with van der Waals surface area (Å²) < 4.78 is 13.2. The molecule has 1 aromatic carbocycles. The van der Waals surface area contributed by atoms with Gasteiger partial charge in [-0.25, -0.2) is 4.39 Å². The average molecular weight is 280 g/mol. The van der Waals surface area contributed by atoms with Crippen molar-refractivity contribution in [2.24, 2.45) is 0 Å². The fraction of sp³-hybridized carbons (Fsp3) is 0.562. The number of carbonyl (C=O) groups is 1. The number of carbonyl (C=O) groups excluding carboxylic acids is 1. The third-order valence-corrected chi connectivity index (χ3v) is 3.32. The van der Waals surface area contributed by atoms with Crippen LogP contribution in [0, 0.1) is 5.82 Å². The van der Waals surface area contributed by atoms with E-state index in [0.29, 0.717) is 6.54 Å². The molecule has 1 amide bonds. The second-order valence-corrected chi connectivity index (χ2v) is 5.16. The van der Waals surface area contributed by atoms with Crippen molar-refractivity contribution >= 4 is 5.91 Å². The Morgan fingerprint density at radius 1 is 1.30 bits per heavy atom. The minimum atomic E-state index is -0.296. The second-order valence-electron chi connectivity index (χ2n) is 5.16. The lowest BCUT2D eigenvalue weighted by atomic mass is 10.1. The summed E-state index contributed by atoms with van der Waals surface area (Å²) in [6.45, 7) is 6.60. The van der Waals surface area contributed by atoms with Gasteiger partial charge in [0.1, 0.15) is 5.82 Å². The molecule has 0 heterocycles. The van der Waals surface area contributed by atoms with E-state index in [1.807, 2.05) is 19.9 Å². The quantitative estimate of drug-likeness (QED) is 0.718. The standard InChI is InChI=1S/C16H25FN2O/c1-4-5-6-10-18-16(20)13(3)19-12(2)14-8-7-9-15(17)11-14/h7-9,11-13,19H,4-6,10H2,1-3H3,(H,18,20)/t12-,13?/m0/s1. The summed E-state index contributed by atoms with van der Waals surface area (Å²) in [4.78, 5) is 11.9. The molecule has 1 rings (SSSR count). The van der Waals surface area contributed by atoms with Crippen molar-refractivity contribution in [1.29, 1.82) is 0 Å². The highest BCUT2D eigenvalue weighted by atomic mass is 19.1. The zero-order chi connectivity index (χ0) is 15.0. The van der Waals surface area contributed by atoms with Gasteiger partial charge in [0, 0.05) is 12.6 Å². The van der Waals surface area contributed by atoms with E-state index < -0.39 is 0 Å². The molecule has 0 fully saturated rings. The normalized spacial score (nSPS) is 13.8. The summed E-state index contributed by atoms with van der Waals surface area (Å²) in [5, 5.41) is 6.10. The molecule has 0 spiro atoms. The number of halogens is 1. The first-order valence-electron chi connectivity index (χ1n) is 7.33. The zero-order valence-electron chi connectivity index (χ0n) is 12.6. The summed E-state index contributed by atoms with van der Waals surface area (Å²) >= 11 is 0. The van der Waals surface area contributed by atoms with Gasteiger partial charge in [0.2, 0.25) is 5.91 Å². The molecule has 3 nitrogen and oxygen atoms in total. The minimum absolute atomic E-state index is 0.00986. The van der Waals surface area contributed by atoms with Crippen LogP contribution in [-0.2, 0) is 4.79 Å². The molecule has 20 heavy (non-hydrogen) atoms. The van der Waals surface area contributed by atoms with Crippen molar-refractivity contribution in [3.05, 3.63) is 35.6 Å². The van der Waals surface area contributed by atoms with Gasteiger partial charge in [0.25, 0.3) is 0 Å². The molecule has 4 heteroatoms. The molecule has 1 unspecified atom stereocenters. The average Bonchev–Trinajstić information content (AvgIpc) is 2.43. The third kappa shape index (κ3) is 5.70. The molecule has 2 N–H and O–H groups in total. The molecule has 0 aliphatic rings. The van der Waals surface area contributed by atoms with E-state index in [-0.39, 0.29) is 23.8 Å². The van der Waals surface area contributed by atoms with Crippen LogP contribution in [0.2, 0.25) is 0 Å². The van der Waals surface area contributed by atoms with Crippen LogP contribution >= 0.6 is 0 Å². The van der Waals surface area contributed by atoms with Crippen molar-refractivity contribution in [3.8, 4) is 0 Å². The van der Waals surface area contributed by atoms with Crippen LogP contribution in [0.15, 0.2) is 24.3 Å². The number of hydrogen-bond donors (Lipinski definition) is 2. The second kappa shape index (κ2) is 8.69. The summed E-state index contributed by atoms with van der Waals surface area (Å²) in [6.07, 6.45) is 3.27. The first-order valence-corrected chi connectivity index (χ1v) is 7.33. The molecular formula is C16H25FN2O. The molecule has 0 saturated heterocycles. The van der Waals surface area contributed by atoms with Crippen LogP contribution in [0.25, 0.3) is 0 Å². The molecule has 112 valence electrons. The maximum atomic E-state index is 13.2. The molecule has 0 saturated carbocycles. The Hall–Kier alpha value is -1.42. The number of hydrogen-bond acceptors (Lipinski definition) is 2. The Bertz CT molecular complexity index is 423. The van der Waals surface area contributed by atoms with E-state index in [9.17, 15) is 9.18 Å². The van der Waals surface area contributed by atoms with Crippen LogP contribution in [0.4, 0.5) is 4.39 Å². The number of nitrogens with one attached hydrogen (secondary N) is 2. The first-order chi connectivity index (χ1) is 9.54. The van der Waals surface area contributed by atoms with Crippen LogP contribution < -0.4 is 10.6 Å². The summed E-state index contributed by atoms with van der Waals surface area (Å²) in [5.74, 6) is -0.267. The molecule has 1 aromatic rings. The van der Waals surface area contributed by atoms with Gasteiger partial charge in [-0.05, 0) is 38.0 Å². The van der Waals surface area contributed by atoms with Gasteiger partial charge in [-0.3, -0.25) is 10.1 Å². The van der Waals surface area contributed by atoms with E-state index in [1.54, 1.807) is 6.07 Å². The van der Waals surface area contributed by atoms with E-state index in [0.717, 1.165) is 24.8 Å². The number of unbranched alkanes of at least 4 members (excludes halogenated alkanes) is 2. The lowest BCUT2D eigenvalue weighted by Crippen LogP contribution is -2.43. The maximum absolute atomic E-state index is 13.2. The van der Waals surface area contributed by atoms with Crippen LogP contribution in [-0.4, -0.2) is 18.5 Å². The van der Waals surface area contributed by atoms with Crippen molar-refractivity contribution in [2.45, 2.75) is 52.1 Å². The van der Waals surface area contributed by atoms with Crippen molar-refractivity contribution < 1.29 is 9.18 Å². The fourth-order valence-electron chi connectivity index (χ4n) is 2.06. The van der Waals surface area contributed by atoms with Crippen LogP contribution in [0.1, 0.15) is 51.6 Å². The predicted molar refractivity (Wildman–Crippen MR) is 79.9 cm³/mol. The molecule has 0 aliphatic heterocycles. The van der Waals surface area contributed by atoms with Crippen molar-refractivity contribution in [2.75, 3.05) is 6.54 Å². The number of rotatable bonds is 8. The van der Waals surface area contributed by atoms with E-state index in [1.165, 1.54) is 12.1 Å². The van der Waals surface area contributed by atoms with E-state index in [4.69, 9.17) is 0 Å². The van der Waals surface area contributed by atoms with Gasteiger partial charge in [-0.2, -0.15) is 0 Å². The van der Waals surface area contributed by atoms with Crippen LogP contribution in [0.5, 0.6) is 0 Å². The summed E-state index contributed by atoms with van der Waals surface area (Å²) in [6, 6.07) is 6.08. The molecule has 2 atom stereocenters. The number of benzene rings is 1. The topological polar surface area (TPSA) is 41.1 Å². The Kier molecular flexibility index (Phi) is 7.23. The lowest BCUT2D eigenvalue weighted by molar-refractivity contribution is -0.122. The first kappa shape index (κ1) is 16.6. The van der Waals surface area contributed by atoms with Crippen molar-refractivity contribution in [1.82, 2.24) is 10.6 Å². The van der Waals surface area contributed by atoms with Gasteiger partial charge in [0.05, 0.1) is 6.04 Å². The molecule has 0 aliphatic carbocycles. The smallest absolute Gasteiger partial charge is 0.236 e. The van der Waals surface area contributed by atoms with Crippen LogP contribution in [0.3, 0.4) is 0 Å². The largest absolute Gasteiger partial charge is 0.355 e. The Balaban J connectivity index is 2.40. The zero-order valence-corrected chi connectivity index (χ0v) is 12.6. The highest BCUT2D eigenvalue weighted by molar-refractivity contribution is 5.81. The Morgan fingerprint density at radius 2 is 2.05 bits per heavy atom. The van der Waals surface area contributed by atoms with E-state index >= 15 is 0 Å². The maximum Gasteiger partial charge on any atom is 0.236 e. The molecular weight excluding hydrogens is 255 g/mol. The van der Waals surface area contributed by atoms with E-state index in [2.05, 4.69) is 17.6 Å². The van der Waals surface area contributed by atoms with Gasteiger partial charge in [-0.1, -0.05) is 31.9 Å².